The van der Waals surface area contributed by atoms with Gasteiger partial charge in [0.15, 0.2) is 11.5 Å². The van der Waals surface area contributed by atoms with Crippen LogP contribution in [0.3, 0.4) is 0 Å². The molecule has 1 aromatic heterocycles. The highest BCUT2D eigenvalue weighted by atomic mass is 127. The number of carbonyl (C=O) groups excluding carboxylic acids is 3. The molecule has 0 bridgehead atoms. The number of hydrogen-bond acceptors (Lipinski definition) is 8. The average molecular weight is 529 g/mol. The van der Waals surface area contributed by atoms with Crippen molar-refractivity contribution >= 4 is 57.5 Å². The molecule has 0 aliphatic carbocycles. The van der Waals surface area contributed by atoms with Crippen LogP contribution in [0.15, 0.2) is 33.6 Å². The summed E-state index contributed by atoms with van der Waals surface area (Å²) in [5.41, 5.74) is 0.618. The number of esters is 1. The van der Waals surface area contributed by atoms with E-state index in [0.717, 1.165) is 16.7 Å². The zero-order chi connectivity index (χ0) is 21.1. The lowest BCUT2D eigenvalue weighted by molar-refractivity contribution is -0.123. The van der Waals surface area contributed by atoms with Crippen molar-refractivity contribution in [2.24, 2.45) is 0 Å². The van der Waals surface area contributed by atoms with E-state index in [0.29, 0.717) is 21.5 Å². The van der Waals surface area contributed by atoms with E-state index in [1.54, 1.807) is 25.1 Å². The molecular weight excluding hydrogens is 513 g/mol. The van der Waals surface area contributed by atoms with E-state index in [-0.39, 0.29) is 28.7 Å². The zero-order valence-electron chi connectivity index (χ0n) is 15.4. The van der Waals surface area contributed by atoms with Crippen LogP contribution in [-0.2, 0) is 16.1 Å². The number of benzene rings is 1. The van der Waals surface area contributed by atoms with Crippen LogP contribution in [0.25, 0.3) is 6.08 Å². The lowest BCUT2D eigenvalue weighted by Gasteiger charge is -2.10. The van der Waals surface area contributed by atoms with Gasteiger partial charge < -0.3 is 19.0 Å². The van der Waals surface area contributed by atoms with Crippen LogP contribution >= 0.6 is 34.4 Å². The predicted octanol–water partition coefficient (Wildman–Crippen LogP) is 4.01. The molecule has 1 fully saturated rings. The molecule has 2 amide bonds. The first-order valence-corrected chi connectivity index (χ1v) is 10.3. The average Bonchev–Trinajstić information content (AvgIpc) is 3.26. The van der Waals surface area contributed by atoms with Gasteiger partial charge in [0.05, 0.1) is 28.7 Å². The SMILES string of the molecule is CCOc1cc(/C=C2/SC(=O)N(Cc3ccc(C(=O)OC)o3)C2=O)cc(I)c1O. The third kappa shape index (κ3) is 4.58. The van der Waals surface area contributed by atoms with E-state index >= 15 is 0 Å². The number of phenols is 1. The minimum absolute atomic E-state index is 0.00728. The second kappa shape index (κ2) is 8.91. The molecule has 3 rings (SSSR count). The first-order chi connectivity index (χ1) is 13.8. The van der Waals surface area contributed by atoms with E-state index < -0.39 is 17.1 Å². The van der Waals surface area contributed by atoms with E-state index in [9.17, 15) is 19.5 Å². The van der Waals surface area contributed by atoms with Crippen LogP contribution in [-0.4, -0.2) is 40.8 Å². The minimum atomic E-state index is -0.641. The summed E-state index contributed by atoms with van der Waals surface area (Å²) in [7, 11) is 1.23. The Morgan fingerprint density at radius 1 is 1.34 bits per heavy atom. The van der Waals surface area contributed by atoms with E-state index in [2.05, 4.69) is 4.74 Å². The highest BCUT2D eigenvalue weighted by Crippen LogP contribution is 2.37. The fraction of sp³-hybridized carbons (Fsp3) is 0.211. The number of amides is 2. The van der Waals surface area contributed by atoms with Crippen molar-refractivity contribution in [1.29, 1.82) is 0 Å². The largest absolute Gasteiger partial charge is 0.504 e. The summed E-state index contributed by atoms with van der Waals surface area (Å²) in [6, 6.07) is 6.21. The van der Waals surface area contributed by atoms with Gasteiger partial charge in [-0.1, -0.05) is 0 Å². The van der Waals surface area contributed by atoms with Gasteiger partial charge in [-0.2, -0.15) is 0 Å². The molecule has 10 heteroatoms. The maximum Gasteiger partial charge on any atom is 0.373 e. The second-order valence-corrected chi connectivity index (χ2v) is 7.96. The number of hydrogen-bond donors (Lipinski definition) is 1. The highest BCUT2D eigenvalue weighted by molar-refractivity contribution is 14.1. The number of ether oxygens (including phenoxy) is 2. The van der Waals surface area contributed by atoms with Crippen LogP contribution in [0, 0.1) is 3.57 Å². The molecule has 29 heavy (non-hydrogen) atoms. The van der Waals surface area contributed by atoms with Crippen LogP contribution in [0.4, 0.5) is 4.79 Å². The third-order valence-electron chi connectivity index (χ3n) is 3.88. The summed E-state index contributed by atoms with van der Waals surface area (Å²) in [5, 5.41) is 9.59. The maximum atomic E-state index is 12.7. The minimum Gasteiger partial charge on any atom is -0.504 e. The number of furan rings is 1. The number of rotatable bonds is 6. The summed E-state index contributed by atoms with van der Waals surface area (Å²) in [5.74, 6) is -0.513. The van der Waals surface area contributed by atoms with Crippen LogP contribution in [0.1, 0.15) is 28.8 Å². The number of phenolic OH excluding ortho intramolecular Hbond substituents is 1. The normalized spacial score (nSPS) is 15.3. The molecule has 0 radical (unpaired) electrons. The van der Waals surface area contributed by atoms with Gasteiger partial charge in [-0.25, -0.2) is 4.79 Å². The first kappa shape index (κ1) is 21.2. The molecule has 1 aromatic carbocycles. The first-order valence-electron chi connectivity index (χ1n) is 8.41. The topological polar surface area (TPSA) is 106 Å². The number of methoxy groups -OCH3 is 1. The number of imide groups is 1. The van der Waals surface area contributed by atoms with E-state index in [1.807, 2.05) is 22.6 Å². The van der Waals surface area contributed by atoms with Crippen molar-refractivity contribution in [3.63, 3.8) is 0 Å². The van der Waals surface area contributed by atoms with Gasteiger partial charge in [0.1, 0.15) is 5.76 Å². The van der Waals surface area contributed by atoms with Crippen LogP contribution < -0.4 is 4.74 Å². The van der Waals surface area contributed by atoms with Gasteiger partial charge in [-0.15, -0.1) is 0 Å². The van der Waals surface area contributed by atoms with Gasteiger partial charge in [0, 0.05) is 0 Å². The Labute approximate surface area is 184 Å². The second-order valence-electron chi connectivity index (χ2n) is 5.81. The molecule has 2 aromatic rings. The molecule has 8 nitrogen and oxygen atoms in total. The molecular formula is C19H16INO7S. The lowest BCUT2D eigenvalue weighted by atomic mass is 10.2. The third-order valence-corrected chi connectivity index (χ3v) is 5.61. The molecule has 0 saturated carbocycles. The fourth-order valence-electron chi connectivity index (χ4n) is 2.56. The van der Waals surface area contributed by atoms with Crippen molar-refractivity contribution < 1.29 is 33.4 Å². The van der Waals surface area contributed by atoms with Gasteiger partial charge >= 0.3 is 5.97 Å². The van der Waals surface area contributed by atoms with Crippen molar-refractivity contribution in [1.82, 2.24) is 4.90 Å². The van der Waals surface area contributed by atoms with Crippen LogP contribution in [0.2, 0.25) is 0 Å². The Balaban J connectivity index is 1.81. The summed E-state index contributed by atoms with van der Waals surface area (Å²) in [6.07, 6.45) is 1.57. The summed E-state index contributed by atoms with van der Waals surface area (Å²) < 4.78 is 15.9. The van der Waals surface area contributed by atoms with Crippen LogP contribution in [0.5, 0.6) is 11.5 Å². The summed E-state index contributed by atoms with van der Waals surface area (Å²) >= 11 is 2.76. The number of nitrogens with zero attached hydrogens (tertiary/aromatic N) is 1. The monoisotopic (exact) mass is 529 g/mol. The maximum absolute atomic E-state index is 12.7. The van der Waals surface area contributed by atoms with Gasteiger partial charge in [0.2, 0.25) is 5.76 Å². The fourth-order valence-corrected chi connectivity index (χ4v) is 4.02. The van der Waals surface area contributed by atoms with E-state index in [1.165, 1.54) is 19.2 Å². The molecule has 1 N–H and O–H groups in total. The van der Waals surface area contributed by atoms with Crippen molar-refractivity contribution in [3.8, 4) is 11.5 Å². The quantitative estimate of drug-likeness (QED) is 0.340. The Morgan fingerprint density at radius 3 is 2.79 bits per heavy atom. The van der Waals surface area contributed by atoms with E-state index in [4.69, 9.17) is 9.15 Å². The molecule has 0 unspecified atom stereocenters. The molecule has 1 aliphatic rings. The molecule has 1 aliphatic heterocycles. The number of thioether (sulfide) groups is 1. The summed E-state index contributed by atoms with van der Waals surface area (Å²) in [6.45, 7) is 2.07. The Hall–Kier alpha value is -2.47. The standard InChI is InChI=1S/C19H16INO7S/c1-3-27-14-7-10(6-12(20)16(14)22)8-15-17(23)21(19(25)29-15)9-11-4-5-13(28-11)18(24)26-2/h4-8,22H,3,9H2,1-2H3/b15-8+. The van der Waals surface area contributed by atoms with Gasteiger partial charge in [-0.05, 0) is 77.2 Å². The van der Waals surface area contributed by atoms with Gasteiger partial charge in [0.25, 0.3) is 11.1 Å². The molecule has 0 spiro atoms. The molecule has 152 valence electrons. The Morgan fingerprint density at radius 2 is 2.10 bits per heavy atom. The Bertz CT molecular complexity index is 1010. The lowest BCUT2D eigenvalue weighted by Crippen LogP contribution is -2.27. The Kier molecular flexibility index (Phi) is 6.52. The van der Waals surface area contributed by atoms with Crippen molar-refractivity contribution in [2.45, 2.75) is 13.5 Å². The molecule has 0 atom stereocenters. The number of aromatic hydroxyl groups is 1. The van der Waals surface area contributed by atoms with Crippen molar-refractivity contribution in [2.75, 3.05) is 13.7 Å². The molecule has 2 heterocycles. The van der Waals surface area contributed by atoms with Gasteiger partial charge in [-0.3, -0.25) is 14.5 Å². The van der Waals surface area contributed by atoms with Crippen molar-refractivity contribution in [3.05, 3.63) is 49.8 Å². The molecule has 1 saturated heterocycles. The zero-order valence-corrected chi connectivity index (χ0v) is 18.4. The number of carbonyl (C=O) groups is 3. The highest BCUT2D eigenvalue weighted by Gasteiger charge is 2.36. The number of halogens is 1. The predicted molar refractivity (Wildman–Crippen MR) is 114 cm³/mol. The summed E-state index contributed by atoms with van der Waals surface area (Å²) in [4.78, 5) is 37.7. The smallest absolute Gasteiger partial charge is 0.373 e.